The summed E-state index contributed by atoms with van der Waals surface area (Å²) in [5, 5.41) is 3.97. The molecule has 1 aromatic heterocycles. The molecule has 0 spiro atoms. The minimum absolute atomic E-state index is 0.0584. The van der Waals surface area contributed by atoms with Gasteiger partial charge in [0.2, 0.25) is 0 Å². The lowest BCUT2D eigenvalue weighted by Gasteiger charge is -2.03. The highest BCUT2D eigenvalue weighted by Gasteiger charge is 2.07. The van der Waals surface area contributed by atoms with Crippen molar-refractivity contribution in [2.75, 3.05) is 0 Å². The SMILES string of the molecule is O=C(Cn1cnc2ccccc21)N/N=C/c1c(F)cccc1Cl. The third kappa shape index (κ3) is 3.37. The number of aromatic nitrogens is 2. The molecule has 0 unspecified atom stereocenters. The van der Waals surface area contributed by atoms with E-state index >= 15 is 0 Å². The predicted octanol–water partition coefficient (Wildman–Crippen LogP) is 2.98. The maximum atomic E-state index is 13.6. The molecule has 1 amide bonds. The molecule has 0 saturated heterocycles. The topological polar surface area (TPSA) is 59.3 Å². The number of hydrazone groups is 1. The van der Waals surface area contributed by atoms with Crippen LogP contribution in [0.25, 0.3) is 11.0 Å². The van der Waals surface area contributed by atoms with Crippen LogP contribution in [0.15, 0.2) is 53.9 Å². The van der Waals surface area contributed by atoms with E-state index in [1.165, 1.54) is 18.3 Å². The smallest absolute Gasteiger partial charge is 0.260 e. The molecule has 23 heavy (non-hydrogen) atoms. The van der Waals surface area contributed by atoms with E-state index in [9.17, 15) is 9.18 Å². The van der Waals surface area contributed by atoms with Crippen molar-refractivity contribution in [2.45, 2.75) is 6.54 Å². The van der Waals surface area contributed by atoms with Gasteiger partial charge in [0.25, 0.3) is 5.91 Å². The second-order valence-electron chi connectivity index (χ2n) is 4.79. The van der Waals surface area contributed by atoms with Crippen molar-refractivity contribution in [1.29, 1.82) is 0 Å². The Morgan fingerprint density at radius 1 is 1.30 bits per heavy atom. The van der Waals surface area contributed by atoms with Crippen molar-refractivity contribution in [3.8, 4) is 0 Å². The fraction of sp³-hybridized carbons (Fsp3) is 0.0625. The first-order valence-electron chi connectivity index (χ1n) is 6.81. The monoisotopic (exact) mass is 330 g/mol. The second-order valence-corrected chi connectivity index (χ2v) is 5.20. The molecule has 0 fully saturated rings. The minimum Gasteiger partial charge on any atom is -0.321 e. The molecule has 0 aliphatic rings. The molecule has 2 aromatic carbocycles. The molecule has 0 radical (unpaired) electrons. The van der Waals surface area contributed by atoms with Crippen LogP contribution in [-0.2, 0) is 11.3 Å². The van der Waals surface area contributed by atoms with E-state index in [1.54, 1.807) is 17.0 Å². The number of hydrogen-bond acceptors (Lipinski definition) is 3. The third-order valence-electron chi connectivity index (χ3n) is 3.22. The summed E-state index contributed by atoms with van der Waals surface area (Å²) in [5.74, 6) is -0.854. The standard InChI is InChI=1S/C16H12ClFN4O/c17-12-4-3-5-13(18)11(12)8-20-21-16(23)9-22-10-19-14-6-1-2-7-15(14)22/h1-8,10H,9H2,(H,21,23)/b20-8+. The quantitative estimate of drug-likeness (QED) is 0.590. The number of fused-ring (bicyclic) bond motifs is 1. The molecule has 3 aromatic rings. The van der Waals surface area contributed by atoms with Crippen molar-refractivity contribution < 1.29 is 9.18 Å². The van der Waals surface area contributed by atoms with E-state index in [0.29, 0.717) is 0 Å². The van der Waals surface area contributed by atoms with E-state index in [-0.39, 0.29) is 23.0 Å². The van der Waals surface area contributed by atoms with Crippen LogP contribution >= 0.6 is 11.6 Å². The molecule has 1 N–H and O–H groups in total. The van der Waals surface area contributed by atoms with Gasteiger partial charge in [-0.15, -0.1) is 0 Å². The highest BCUT2D eigenvalue weighted by Crippen LogP contribution is 2.16. The molecule has 7 heteroatoms. The van der Waals surface area contributed by atoms with E-state index < -0.39 is 5.82 Å². The molecule has 0 atom stereocenters. The number of carbonyl (C=O) groups is 1. The molecule has 5 nitrogen and oxygen atoms in total. The number of carbonyl (C=O) groups excluding carboxylic acids is 1. The Hall–Kier alpha value is -2.73. The summed E-state index contributed by atoms with van der Waals surface area (Å²) in [6, 6.07) is 11.8. The second kappa shape index (κ2) is 6.58. The van der Waals surface area contributed by atoms with E-state index in [1.807, 2.05) is 24.3 Å². The summed E-state index contributed by atoms with van der Waals surface area (Å²) < 4.78 is 15.3. The lowest BCUT2D eigenvalue weighted by Crippen LogP contribution is -2.22. The van der Waals surface area contributed by atoms with Gasteiger partial charge in [0.1, 0.15) is 12.4 Å². The van der Waals surface area contributed by atoms with Gasteiger partial charge >= 0.3 is 0 Å². The Bertz CT molecular complexity index is 870. The zero-order valence-corrected chi connectivity index (χ0v) is 12.7. The van der Waals surface area contributed by atoms with Crippen molar-refractivity contribution in [3.05, 3.63) is 65.2 Å². The summed E-state index contributed by atoms with van der Waals surface area (Å²) in [6.07, 6.45) is 2.77. The number of amides is 1. The Kier molecular flexibility index (Phi) is 4.34. The maximum absolute atomic E-state index is 13.6. The first kappa shape index (κ1) is 15.2. The van der Waals surface area contributed by atoms with E-state index in [0.717, 1.165) is 11.0 Å². The molecular weight excluding hydrogens is 319 g/mol. The summed E-state index contributed by atoms with van der Waals surface area (Å²) in [5.41, 5.74) is 4.13. The fourth-order valence-electron chi connectivity index (χ4n) is 2.13. The number of imidazole rings is 1. The van der Waals surface area contributed by atoms with Crippen molar-refractivity contribution >= 4 is 34.8 Å². The summed E-state index contributed by atoms with van der Waals surface area (Å²) in [4.78, 5) is 16.1. The van der Waals surface area contributed by atoms with E-state index in [2.05, 4.69) is 15.5 Å². The van der Waals surface area contributed by atoms with Gasteiger partial charge in [0.15, 0.2) is 0 Å². The zero-order chi connectivity index (χ0) is 16.2. The summed E-state index contributed by atoms with van der Waals surface area (Å²) in [7, 11) is 0. The van der Waals surface area contributed by atoms with E-state index in [4.69, 9.17) is 11.6 Å². The average Bonchev–Trinajstić information content (AvgIpc) is 2.93. The number of hydrogen-bond donors (Lipinski definition) is 1. The molecule has 0 saturated carbocycles. The molecule has 3 rings (SSSR count). The molecule has 0 aliphatic heterocycles. The lowest BCUT2D eigenvalue weighted by atomic mass is 10.2. The Balaban J connectivity index is 1.67. The van der Waals surface area contributed by atoms with Crippen LogP contribution in [0.1, 0.15) is 5.56 Å². The van der Waals surface area contributed by atoms with Gasteiger partial charge in [0.05, 0.1) is 28.6 Å². The van der Waals surface area contributed by atoms with Crippen LogP contribution in [0.5, 0.6) is 0 Å². The molecule has 1 heterocycles. The van der Waals surface area contributed by atoms with Gasteiger partial charge in [-0.25, -0.2) is 14.8 Å². The number of nitrogens with zero attached hydrogens (tertiary/aromatic N) is 3. The molecule has 116 valence electrons. The molecule has 0 bridgehead atoms. The number of nitrogens with one attached hydrogen (secondary N) is 1. The lowest BCUT2D eigenvalue weighted by molar-refractivity contribution is -0.121. The highest BCUT2D eigenvalue weighted by molar-refractivity contribution is 6.33. The number of para-hydroxylation sites is 2. The molecule has 0 aliphatic carbocycles. The zero-order valence-electron chi connectivity index (χ0n) is 11.9. The Labute approximate surface area is 136 Å². The maximum Gasteiger partial charge on any atom is 0.260 e. The van der Waals surface area contributed by atoms with Gasteiger partial charge in [-0.3, -0.25) is 4.79 Å². The Morgan fingerprint density at radius 3 is 2.96 bits per heavy atom. The van der Waals surface area contributed by atoms with Crippen LogP contribution < -0.4 is 5.43 Å². The minimum atomic E-state index is -0.504. The first-order valence-corrected chi connectivity index (χ1v) is 7.19. The number of rotatable bonds is 4. The van der Waals surface area contributed by atoms with Crippen molar-refractivity contribution in [2.24, 2.45) is 5.10 Å². The van der Waals surface area contributed by atoms with Crippen LogP contribution in [0.3, 0.4) is 0 Å². The molecular formula is C16H12ClFN4O. The third-order valence-corrected chi connectivity index (χ3v) is 3.55. The number of halogens is 2. The van der Waals surface area contributed by atoms with Gasteiger partial charge in [-0.05, 0) is 24.3 Å². The summed E-state index contributed by atoms with van der Waals surface area (Å²) >= 11 is 5.87. The predicted molar refractivity (Wildman–Crippen MR) is 86.9 cm³/mol. The first-order chi connectivity index (χ1) is 11.1. The largest absolute Gasteiger partial charge is 0.321 e. The van der Waals surface area contributed by atoms with Crippen LogP contribution in [-0.4, -0.2) is 21.7 Å². The highest BCUT2D eigenvalue weighted by atomic mass is 35.5. The fourth-order valence-corrected chi connectivity index (χ4v) is 2.34. The van der Waals surface area contributed by atoms with Crippen molar-refractivity contribution in [3.63, 3.8) is 0 Å². The van der Waals surface area contributed by atoms with Crippen LogP contribution in [0.4, 0.5) is 4.39 Å². The average molecular weight is 331 g/mol. The van der Waals surface area contributed by atoms with Gasteiger partial charge in [-0.1, -0.05) is 29.8 Å². The van der Waals surface area contributed by atoms with Crippen LogP contribution in [0, 0.1) is 5.82 Å². The van der Waals surface area contributed by atoms with Gasteiger partial charge in [0, 0.05) is 5.56 Å². The Morgan fingerprint density at radius 2 is 2.13 bits per heavy atom. The van der Waals surface area contributed by atoms with Gasteiger partial charge < -0.3 is 4.57 Å². The summed E-state index contributed by atoms with van der Waals surface area (Å²) in [6.45, 7) is 0.0584. The van der Waals surface area contributed by atoms with Gasteiger partial charge in [-0.2, -0.15) is 5.10 Å². The number of benzene rings is 2. The normalized spacial score (nSPS) is 11.2. The van der Waals surface area contributed by atoms with Crippen molar-refractivity contribution in [1.82, 2.24) is 15.0 Å². The van der Waals surface area contributed by atoms with Crippen LogP contribution in [0.2, 0.25) is 5.02 Å².